The zero-order valence-corrected chi connectivity index (χ0v) is 11.6. The molecule has 0 N–H and O–H groups in total. The number of carbonyl (C=O) groups excluding carboxylic acids is 1. The van der Waals surface area contributed by atoms with Crippen LogP contribution in [0, 0.1) is 23.0 Å². The van der Waals surface area contributed by atoms with Crippen LogP contribution in [-0.2, 0) is 0 Å². The summed E-state index contributed by atoms with van der Waals surface area (Å²) in [4.78, 5) is 12.3. The zero-order chi connectivity index (χ0) is 16.1. The number of ketones is 1. The molecular weight excluding hydrogens is 288 g/mol. The Morgan fingerprint density at radius 3 is 2.59 bits per heavy atom. The van der Waals surface area contributed by atoms with E-state index in [4.69, 9.17) is 10.00 Å². The quantitative estimate of drug-likeness (QED) is 0.490. The van der Waals surface area contributed by atoms with E-state index in [1.165, 1.54) is 25.3 Å². The van der Waals surface area contributed by atoms with Gasteiger partial charge >= 0.3 is 0 Å². The summed E-state index contributed by atoms with van der Waals surface area (Å²) in [6.07, 6.45) is 1.21. The van der Waals surface area contributed by atoms with Crippen LogP contribution < -0.4 is 4.74 Å². The highest BCUT2D eigenvalue weighted by atomic mass is 19.2. The van der Waals surface area contributed by atoms with Crippen LogP contribution in [0.2, 0.25) is 0 Å². The van der Waals surface area contributed by atoms with Gasteiger partial charge in [-0.2, -0.15) is 5.26 Å². The molecule has 0 aliphatic carbocycles. The first kappa shape index (κ1) is 15.4. The topological polar surface area (TPSA) is 50.1 Å². The summed E-state index contributed by atoms with van der Waals surface area (Å²) in [6.45, 7) is 0. The van der Waals surface area contributed by atoms with Crippen molar-refractivity contribution in [1.82, 2.24) is 0 Å². The number of Topliss-reactive ketones (excluding diaryl/α,β-unsaturated/α-hetero) is 1. The maximum absolute atomic E-state index is 13.2. The van der Waals surface area contributed by atoms with Crippen LogP contribution in [0.25, 0.3) is 6.08 Å². The highest BCUT2D eigenvalue weighted by molar-refractivity contribution is 6.14. The predicted octanol–water partition coefficient (Wildman–Crippen LogP) is 3.76. The van der Waals surface area contributed by atoms with Gasteiger partial charge in [0.25, 0.3) is 0 Å². The standard InChI is InChI=1S/C17H11F2NO2/c1-22-14-4-2-3-12(9-14)17(21)13(10-20)7-11-5-6-15(18)16(19)8-11/h2-9H,1H3/b13-7+. The van der Waals surface area contributed by atoms with Crippen molar-refractivity contribution in [2.45, 2.75) is 0 Å². The number of nitriles is 1. The smallest absolute Gasteiger partial charge is 0.203 e. The number of halogens is 2. The molecule has 0 saturated carbocycles. The summed E-state index contributed by atoms with van der Waals surface area (Å²) in [5, 5.41) is 9.13. The lowest BCUT2D eigenvalue weighted by Gasteiger charge is -2.03. The second kappa shape index (κ2) is 6.64. The molecular formula is C17H11F2NO2. The Morgan fingerprint density at radius 2 is 1.95 bits per heavy atom. The van der Waals surface area contributed by atoms with Crippen LogP contribution in [0.15, 0.2) is 48.0 Å². The summed E-state index contributed by atoms with van der Waals surface area (Å²) in [5.41, 5.74) is 0.320. The first-order valence-corrected chi connectivity index (χ1v) is 6.30. The van der Waals surface area contributed by atoms with Crippen LogP contribution in [0.3, 0.4) is 0 Å². The van der Waals surface area contributed by atoms with E-state index in [1.54, 1.807) is 24.3 Å². The van der Waals surface area contributed by atoms with E-state index in [0.717, 1.165) is 12.1 Å². The van der Waals surface area contributed by atoms with Gasteiger partial charge in [-0.15, -0.1) is 0 Å². The average molecular weight is 299 g/mol. The van der Waals surface area contributed by atoms with Gasteiger partial charge in [0, 0.05) is 5.56 Å². The fourth-order valence-corrected chi connectivity index (χ4v) is 1.84. The van der Waals surface area contributed by atoms with Crippen LogP contribution in [0.4, 0.5) is 8.78 Å². The molecule has 0 amide bonds. The fourth-order valence-electron chi connectivity index (χ4n) is 1.84. The molecule has 0 atom stereocenters. The van der Waals surface area contributed by atoms with E-state index >= 15 is 0 Å². The normalized spacial score (nSPS) is 10.9. The van der Waals surface area contributed by atoms with E-state index in [-0.39, 0.29) is 16.7 Å². The van der Waals surface area contributed by atoms with Crippen LogP contribution in [0.5, 0.6) is 5.75 Å². The third-order valence-corrected chi connectivity index (χ3v) is 2.95. The van der Waals surface area contributed by atoms with Crippen molar-refractivity contribution in [1.29, 1.82) is 5.26 Å². The van der Waals surface area contributed by atoms with Gasteiger partial charge in [-0.05, 0) is 35.9 Å². The molecule has 2 rings (SSSR count). The first-order chi connectivity index (χ1) is 10.5. The SMILES string of the molecule is COc1cccc(C(=O)/C(C#N)=C/c2ccc(F)c(F)c2)c1. The van der Waals surface area contributed by atoms with E-state index in [0.29, 0.717) is 5.75 Å². The largest absolute Gasteiger partial charge is 0.497 e. The Kier molecular flexibility index (Phi) is 4.64. The van der Waals surface area contributed by atoms with Crippen molar-refractivity contribution in [3.05, 3.63) is 70.8 Å². The molecule has 0 bridgehead atoms. The minimum absolute atomic E-state index is 0.181. The van der Waals surface area contributed by atoms with Crippen molar-refractivity contribution in [3.8, 4) is 11.8 Å². The summed E-state index contributed by atoms with van der Waals surface area (Å²) in [6, 6.07) is 11.3. The molecule has 0 heterocycles. The summed E-state index contributed by atoms with van der Waals surface area (Å²) < 4.78 is 31.1. The minimum Gasteiger partial charge on any atom is -0.497 e. The van der Waals surface area contributed by atoms with Crippen molar-refractivity contribution < 1.29 is 18.3 Å². The zero-order valence-electron chi connectivity index (χ0n) is 11.6. The number of methoxy groups -OCH3 is 1. The molecule has 0 aliphatic heterocycles. The Labute approximate surface area is 126 Å². The Morgan fingerprint density at radius 1 is 1.18 bits per heavy atom. The van der Waals surface area contributed by atoms with Crippen molar-refractivity contribution in [3.63, 3.8) is 0 Å². The Bertz CT molecular complexity index is 791. The lowest BCUT2D eigenvalue weighted by molar-refractivity contribution is 0.103. The molecule has 0 unspecified atom stereocenters. The van der Waals surface area contributed by atoms with Gasteiger partial charge in [0.2, 0.25) is 5.78 Å². The molecule has 0 spiro atoms. The summed E-state index contributed by atoms with van der Waals surface area (Å²) in [7, 11) is 1.46. The fraction of sp³-hybridized carbons (Fsp3) is 0.0588. The van der Waals surface area contributed by atoms with E-state index in [2.05, 4.69) is 0 Å². The van der Waals surface area contributed by atoms with E-state index in [1.807, 2.05) is 0 Å². The highest BCUT2D eigenvalue weighted by Gasteiger charge is 2.13. The van der Waals surface area contributed by atoms with E-state index < -0.39 is 17.4 Å². The van der Waals surface area contributed by atoms with Crippen LogP contribution in [-0.4, -0.2) is 12.9 Å². The molecule has 110 valence electrons. The van der Waals surface area contributed by atoms with Gasteiger partial charge in [-0.25, -0.2) is 8.78 Å². The lowest BCUT2D eigenvalue weighted by Crippen LogP contribution is -2.02. The summed E-state index contributed by atoms with van der Waals surface area (Å²) in [5.74, 6) is -2.07. The monoisotopic (exact) mass is 299 g/mol. The molecule has 0 fully saturated rings. The molecule has 0 aliphatic rings. The third kappa shape index (κ3) is 3.36. The molecule has 0 radical (unpaired) electrons. The van der Waals surface area contributed by atoms with E-state index in [9.17, 15) is 13.6 Å². The number of carbonyl (C=O) groups is 1. The van der Waals surface area contributed by atoms with Gasteiger partial charge in [0.1, 0.15) is 17.4 Å². The Hall–Kier alpha value is -3.00. The predicted molar refractivity (Wildman–Crippen MR) is 77.3 cm³/mol. The maximum atomic E-state index is 13.2. The van der Waals surface area contributed by atoms with Crippen molar-refractivity contribution in [2.24, 2.45) is 0 Å². The number of benzene rings is 2. The number of allylic oxidation sites excluding steroid dienone is 1. The maximum Gasteiger partial charge on any atom is 0.203 e. The molecule has 5 heteroatoms. The van der Waals surface area contributed by atoms with Gasteiger partial charge in [0.05, 0.1) is 7.11 Å². The number of rotatable bonds is 4. The average Bonchev–Trinajstić information content (AvgIpc) is 2.55. The Balaban J connectivity index is 2.38. The lowest BCUT2D eigenvalue weighted by atomic mass is 10.0. The van der Waals surface area contributed by atoms with Crippen molar-refractivity contribution >= 4 is 11.9 Å². The molecule has 3 nitrogen and oxygen atoms in total. The molecule has 22 heavy (non-hydrogen) atoms. The highest BCUT2D eigenvalue weighted by Crippen LogP contribution is 2.18. The third-order valence-electron chi connectivity index (χ3n) is 2.95. The van der Waals surface area contributed by atoms with Crippen LogP contribution >= 0.6 is 0 Å². The first-order valence-electron chi connectivity index (χ1n) is 6.30. The van der Waals surface area contributed by atoms with Gasteiger partial charge in [-0.1, -0.05) is 18.2 Å². The minimum atomic E-state index is -1.04. The number of hydrogen-bond donors (Lipinski definition) is 0. The second-order valence-electron chi connectivity index (χ2n) is 4.40. The molecule has 2 aromatic rings. The van der Waals surface area contributed by atoms with Gasteiger partial charge < -0.3 is 4.74 Å². The van der Waals surface area contributed by atoms with Crippen molar-refractivity contribution in [2.75, 3.05) is 7.11 Å². The summed E-state index contributed by atoms with van der Waals surface area (Å²) >= 11 is 0. The number of hydrogen-bond acceptors (Lipinski definition) is 3. The molecule has 0 aromatic heterocycles. The molecule has 2 aromatic carbocycles. The molecule has 0 saturated heterocycles. The van der Waals surface area contributed by atoms with Crippen LogP contribution in [0.1, 0.15) is 15.9 Å². The second-order valence-corrected chi connectivity index (χ2v) is 4.40. The van der Waals surface area contributed by atoms with Gasteiger partial charge in [0.15, 0.2) is 11.6 Å². The van der Waals surface area contributed by atoms with Gasteiger partial charge in [-0.3, -0.25) is 4.79 Å². The number of ether oxygens (including phenoxy) is 1. The number of nitrogens with zero attached hydrogens (tertiary/aromatic N) is 1.